The summed E-state index contributed by atoms with van der Waals surface area (Å²) in [7, 11) is -1.40. The molecule has 0 saturated heterocycles. The van der Waals surface area contributed by atoms with Gasteiger partial charge in [-0.25, -0.2) is 0 Å². The van der Waals surface area contributed by atoms with Crippen molar-refractivity contribution in [2.24, 2.45) is 0 Å². The third kappa shape index (κ3) is 2.66. The van der Waals surface area contributed by atoms with Crippen molar-refractivity contribution < 1.29 is 18.8 Å². The minimum absolute atomic E-state index is 0.171. The van der Waals surface area contributed by atoms with Crippen molar-refractivity contribution in [1.29, 1.82) is 0 Å². The molecule has 1 heterocycles. The van der Waals surface area contributed by atoms with Gasteiger partial charge in [0.05, 0.1) is 5.75 Å². The highest BCUT2D eigenvalue weighted by Crippen LogP contribution is 2.28. The summed E-state index contributed by atoms with van der Waals surface area (Å²) in [4.78, 5) is 10.7. The van der Waals surface area contributed by atoms with Crippen LogP contribution in [0.25, 0.3) is 0 Å². The molecule has 0 spiro atoms. The predicted octanol–water partition coefficient (Wildman–Crippen LogP) is 1.21. The van der Waals surface area contributed by atoms with E-state index in [0.29, 0.717) is 6.42 Å². The summed E-state index contributed by atoms with van der Waals surface area (Å²) >= 11 is 0. The third-order valence-corrected chi connectivity index (χ3v) is 4.50. The number of benzene rings is 1. The summed E-state index contributed by atoms with van der Waals surface area (Å²) in [5.74, 6) is 0.0543. The van der Waals surface area contributed by atoms with E-state index in [4.69, 9.17) is 9.84 Å². The average Bonchev–Trinajstić information content (AvgIpc) is 2.69. The second-order valence-corrected chi connectivity index (χ2v) is 5.88. The molecule has 0 saturated carbocycles. The summed E-state index contributed by atoms with van der Waals surface area (Å²) in [5, 5.41) is 7.92. The Morgan fingerprint density at radius 3 is 2.94 bits per heavy atom. The molecule has 0 bridgehead atoms. The Balaban J connectivity index is 1.96. The minimum Gasteiger partial charge on any atom is -0.489 e. The number of carboxylic acid groups (broad SMARTS) is 1. The van der Waals surface area contributed by atoms with Crippen LogP contribution in [0.4, 0.5) is 0 Å². The van der Waals surface area contributed by atoms with Gasteiger partial charge < -0.3 is 9.84 Å². The molecule has 1 aromatic carbocycles. The van der Waals surface area contributed by atoms with E-state index in [0.717, 1.165) is 11.3 Å². The molecule has 92 valence electrons. The number of aliphatic carboxylic acids is 1. The first-order valence-electron chi connectivity index (χ1n) is 5.42. The Hall–Kier alpha value is -1.36. The lowest BCUT2D eigenvalue weighted by Gasteiger charge is -2.12. The lowest BCUT2D eigenvalue weighted by Crippen LogP contribution is -2.30. The predicted molar refractivity (Wildman–Crippen MR) is 64.7 cm³/mol. The molecule has 1 N–H and O–H groups in total. The fourth-order valence-corrected chi connectivity index (χ4v) is 2.85. The second kappa shape index (κ2) is 4.87. The average molecular weight is 254 g/mol. The van der Waals surface area contributed by atoms with Crippen LogP contribution in [0, 0.1) is 0 Å². The van der Waals surface area contributed by atoms with Crippen molar-refractivity contribution in [3.05, 3.63) is 29.8 Å². The lowest BCUT2D eigenvalue weighted by atomic mass is 10.1. The van der Waals surface area contributed by atoms with E-state index in [1.165, 1.54) is 6.92 Å². The Morgan fingerprint density at radius 2 is 2.29 bits per heavy atom. The molecular formula is C12H14O4S. The number of fused-ring (bicyclic) bond motifs is 1. The fraction of sp³-hybridized carbons (Fsp3) is 0.417. The van der Waals surface area contributed by atoms with Crippen LogP contribution in [-0.2, 0) is 22.0 Å². The highest BCUT2D eigenvalue weighted by molar-refractivity contribution is 7.86. The van der Waals surface area contributed by atoms with Gasteiger partial charge in [-0.3, -0.25) is 9.00 Å². The molecule has 4 nitrogen and oxygen atoms in total. The van der Waals surface area contributed by atoms with E-state index >= 15 is 0 Å². The maximum absolute atomic E-state index is 11.7. The summed E-state index contributed by atoms with van der Waals surface area (Å²) in [6.45, 7) is 1.46. The largest absolute Gasteiger partial charge is 0.489 e. The van der Waals surface area contributed by atoms with Crippen molar-refractivity contribution in [2.75, 3.05) is 5.75 Å². The molecule has 2 rings (SSSR count). The summed E-state index contributed by atoms with van der Waals surface area (Å²) in [6, 6.07) is 7.66. The molecule has 3 unspecified atom stereocenters. The van der Waals surface area contributed by atoms with Gasteiger partial charge >= 0.3 is 5.97 Å². The Labute approximate surface area is 102 Å². The van der Waals surface area contributed by atoms with Crippen LogP contribution < -0.4 is 4.74 Å². The van der Waals surface area contributed by atoms with E-state index < -0.39 is 22.0 Å². The molecule has 17 heavy (non-hydrogen) atoms. The van der Waals surface area contributed by atoms with E-state index in [9.17, 15) is 9.00 Å². The molecule has 0 fully saturated rings. The van der Waals surface area contributed by atoms with Crippen LogP contribution >= 0.6 is 0 Å². The van der Waals surface area contributed by atoms with Gasteiger partial charge in [-0.1, -0.05) is 18.2 Å². The monoisotopic (exact) mass is 254 g/mol. The zero-order valence-corrected chi connectivity index (χ0v) is 10.3. The van der Waals surface area contributed by atoms with Crippen molar-refractivity contribution in [1.82, 2.24) is 0 Å². The Morgan fingerprint density at radius 1 is 1.59 bits per heavy atom. The fourth-order valence-electron chi connectivity index (χ4n) is 1.79. The highest BCUT2D eigenvalue weighted by Gasteiger charge is 2.28. The molecule has 1 aliphatic rings. The highest BCUT2D eigenvalue weighted by atomic mass is 32.2. The standard InChI is InChI=1S/C12H14O4S/c1-8(12(13)14)17(15)7-10-6-9-4-2-3-5-11(9)16-10/h2-5,8,10H,6-7H2,1H3,(H,13,14). The lowest BCUT2D eigenvalue weighted by molar-refractivity contribution is -0.136. The number of para-hydroxylation sites is 1. The smallest absolute Gasteiger partial charge is 0.318 e. The van der Waals surface area contributed by atoms with Crippen LogP contribution in [-0.4, -0.2) is 32.4 Å². The number of ether oxygens (including phenoxy) is 1. The number of hydrogen-bond acceptors (Lipinski definition) is 3. The molecule has 3 atom stereocenters. The van der Waals surface area contributed by atoms with Gasteiger partial charge in [0, 0.05) is 17.2 Å². The van der Waals surface area contributed by atoms with Gasteiger partial charge in [0.15, 0.2) is 0 Å². The van der Waals surface area contributed by atoms with Crippen molar-refractivity contribution in [3.63, 3.8) is 0 Å². The Kier molecular flexibility index (Phi) is 3.47. The zero-order chi connectivity index (χ0) is 12.4. The first kappa shape index (κ1) is 12.1. The van der Waals surface area contributed by atoms with Crippen molar-refractivity contribution in [3.8, 4) is 5.75 Å². The van der Waals surface area contributed by atoms with Gasteiger partial charge in [-0.2, -0.15) is 0 Å². The molecule has 0 radical (unpaired) electrons. The molecule has 0 aromatic heterocycles. The Bertz CT molecular complexity index is 433. The van der Waals surface area contributed by atoms with Crippen LogP contribution in [0.5, 0.6) is 5.75 Å². The molecule has 5 heteroatoms. The van der Waals surface area contributed by atoms with Crippen LogP contribution in [0.2, 0.25) is 0 Å². The van der Waals surface area contributed by atoms with Gasteiger partial charge in [-0.05, 0) is 18.6 Å². The topological polar surface area (TPSA) is 63.6 Å². The van der Waals surface area contributed by atoms with Crippen LogP contribution in [0.3, 0.4) is 0 Å². The third-order valence-electron chi connectivity index (χ3n) is 2.81. The van der Waals surface area contributed by atoms with Crippen molar-refractivity contribution in [2.45, 2.75) is 24.7 Å². The van der Waals surface area contributed by atoms with E-state index in [1.54, 1.807) is 0 Å². The normalized spacial score (nSPS) is 21.4. The van der Waals surface area contributed by atoms with Gasteiger partial charge in [0.25, 0.3) is 0 Å². The quantitative estimate of drug-likeness (QED) is 0.877. The van der Waals surface area contributed by atoms with Crippen LogP contribution in [0.1, 0.15) is 12.5 Å². The van der Waals surface area contributed by atoms with Gasteiger partial charge in [0.2, 0.25) is 0 Å². The molecule has 0 aliphatic carbocycles. The molecule has 0 amide bonds. The van der Waals surface area contributed by atoms with E-state index in [-0.39, 0.29) is 11.9 Å². The number of hydrogen-bond donors (Lipinski definition) is 1. The summed E-state index contributed by atoms with van der Waals surface area (Å²) in [6.07, 6.45) is 0.531. The number of carbonyl (C=O) groups is 1. The van der Waals surface area contributed by atoms with Gasteiger partial charge in [0.1, 0.15) is 17.1 Å². The molecular weight excluding hydrogens is 240 g/mol. The number of carboxylic acids is 1. The SMILES string of the molecule is CC(C(=O)O)S(=O)CC1Cc2ccccc2O1. The summed E-state index contributed by atoms with van der Waals surface area (Å²) < 4.78 is 17.4. The first-order valence-corrected chi connectivity index (χ1v) is 6.80. The van der Waals surface area contributed by atoms with E-state index in [1.807, 2.05) is 24.3 Å². The summed E-state index contributed by atoms with van der Waals surface area (Å²) in [5.41, 5.74) is 1.09. The minimum atomic E-state index is -1.40. The zero-order valence-electron chi connectivity index (χ0n) is 9.46. The maximum atomic E-state index is 11.7. The number of rotatable bonds is 4. The van der Waals surface area contributed by atoms with E-state index in [2.05, 4.69) is 0 Å². The van der Waals surface area contributed by atoms with Gasteiger partial charge in [-0.15, -0.1) is 0 Å². The maximum Gasteiger partial charge on any atom is 0.318 e. The molecule has 1 aliphatic heterocycles. The van der Waals surface area contributed by atoms with Crippen molar-refractivity contribution >= 4 is 16.8 Å². The second-order valence-electron chi connectivity index (χ2n) is 4.08. The molecule has 1 aromatic rings. The first-order chi connectivity index (χ1) is 8.08. The van der Waals surface area contributed by atoms with Crippen LogP contribution in [0.15, 0.2) is 24.3 Å².